The molecule has 0 saturated heterocycles. The summed E-state index contributed by atoms with van der Waals surface area (Å²) in [6.07, 6.45) is 0.740. The molecule has 3 rings (SSSR count). The lowest BCUT2D eigenvalue weighted by atomic mass is 10.0. The predicted octanol–water partition coefficient (Wildman–Crippen LogP) is 2.97. The van der Waals surface area contributed by atoms with E-state index in [-0.39, 0.29) is 11.7 Å². The molecule has 2 aromatic rings. The molecule has 7 nitrogen and oxygen atoms in total. The second kappa shape index (κ2) is 7.20. The Morgan fingerprint density at radius 3 is 2.76 bits per heavy atom. The van der Waals surface area contributed by atoms with Gasteiger partial charge in [0.25, 0.3) is 5.69 Å². The minimum atomic E-state index is -0.401. The number of carbonyl (C=O) groups is 1. The minimum absolute atomic E-state index is 0.0924. The fraction of sp³-hybridized carbons (Fsp3) is 0.353. The number of rotatable bonds is 5. The van der Waals surface area contributed by atoms with Crippen LogP contribution in [0.3, 0.4) is 0 Å². The Kier molecular flexibility index (Phi) is 5.00. The number of nitrogen functional groups attached to an aromatic ring is 1. The summed E-state index contributed by atoms with van der Waals surface area (Å²) in [4.78, 5) is 25.8. The highest BCUT2D eigenvalue weighted by atomic mass is 32.1. The molecule has 8 heteroatoms. The zero-order valence-electron chi connectivity index (χ0n) is 13.9. The number of hydrogen-bond acceptors (Lipinski definition) is 7. The maximum atomic E-state index is 12.1. The molecule has 0 amide bonds. The maximum Gasteiger partial charge on any atom is 0.341 e. The van der Waals surface area contributed by atoms with Crippen molar-refractivity contribution in [3.05, 3.63) is 55.9 Å². The van der Waals surface area contributed by atoms with Crippen LogP contribution in [-0.2, 0) is 24.2 Å². The molecule has 2 heterocycles. The van der Waals surface area contributed by atoms with Crippen LogP contribution < -0.4 is 5.73 Å². The third-order valence-corrected chi connectivity index (χ3v) is 5.24. The number of anilines is 1. The van der Waals surface area contributed by atoms with Gasteiger partial charge in [-0.3, -0.25) is 15.0 Å². The SMILES string of the molecule is CCOC(=O)c1c(N)sc2c1CCN(Cc1ccc([N+](=O)[O-])cc1)C2. The summed E-state index contributed by atoms with van der Waals surface area (Å²) in [6.45, 7) is 4.31. The van der Waals surface area contributed by atoms with Crippen LogP contribution in [0.4, 0.5) is 10.7 Å². The molecule has 0 bridgehead atoms. The van der Waals surface area contributed by atoms with E-state index < -0.39 is 4.92 Å². The zero-order chi connectivity index (χ0) is 18.0. The fourth-order valence-corrected chi connectivity index (χ4v) is 4.17. The predicted molar refractivity (Wildman–Crippen MR) is 95.6 cm³/mol. The Hall–Kier alpha value is -2.45. The van der Waals surface area contributed by atoms with Crippen LogP contribution in [0.5, 0.6) is 0 Å². The first-order valence-corrected chi connectivity index (χ1v) is 8.84. The van der Waals surface area contributed by atoms with Crippen LogP contribution in [0.15, 0.2) is 24.3 Å². The molecule has 0 fully saturated rings. The summed E-state index contributed by atoms with van der Waals surface area (Å²) in [5.41, 5.74) is 8.67. The molecule has 0 unspecified atom stereocenters. The fourth-order valence-electron chi connectivity index (χ4n) is 3.02. The number of non-ortho nitro benzene ring substituents is 1. The van der Waals surface area contributed by atoms with Crippen LogP contribution >= 0.6 is 11.3 Å². The highest BCUT2D eigenvalue weighted by molar-refractivity contribution is 7.16. The molecule has 0 atom stereocenters. The largest absolute Gasteiger partial charge is 0.462 e. The number of nitro groups is 1. The second-order valence-corrected chi connectivity index (χ2v) is 6.98. The van der Waals surface area contributed by atoms with E-state index in [9.17, 15) is 14.9 Å². The molecule has 2 N–H and O–H groups in total. The van der Waals surface area contributed by atoms with Crippen LogP contribution in [-0.4, -0.2) is 28.9 Å². The Bertz CT molecular complexity index is 801. The van der Waals surface area contributed by atoms with Crippen molar-refractivity contribution < 1.29 is 14.5 Å². The van der Waals surface area contributed by atoms with E-state index in [0.717, 1.165) is 29.0 Å². The van der Waals surface area contributed by atoms with Gasteiger partial charge < -0.3 is 10.5 Å². The van der Waals surface area contributed by atoms with Gasteiger partial charge in [0.05, 0.1) is 17.1 Å². The summed E-state index contributed by atoms with van der Waals surface area (Å²) in [7, 11) is 0. The first kappa shape index (κ1) is 17.4. The van der Waals surface area contributed by atoms with Crippen molar-refractivity contribution in [1.29, 1.82) is 0 Å². The lowest BCUT2D eigenvalue weighted by Crippen LogP contribution is -2.29. The van der Waals surface area contributed by atoms with Crippen LogP contribution in [0.2, 0.25) is 0 Å². The first-order chi connectivity index (χ1) is 12.0. The summed E-state index contributed by atoms with van der Waals surface area (Å²) in [5.74, 6) is -0.346. The lowest BCUT2D eigenvalue weighted by molar-refractivity contribution is -0.384. The van der Waals surface area contributed by atoms with E-state index in [1.54, 1.807) is 19.1 Å². The number of benzene rings is 1. The number of fused-ring (bicyclic) bond motifs is 1. The van der Waals surface area contributed by atoms with Crippen molar-refractivity contribution in [3.63, 3.8) is 0 Å². The van der Waals surface area contributed by atoms with E-state index in [1.807, 2.05) is 0 Å². The summed E-state index contributed by atoms with van der Waals surface area (Å²) < 4.78 is 5.11. The first-order valence-electron chi connectivity index (χ1n) is 8.02. The summed E-state index contributed by atoms with van der Waals surface area (Å²) in [5, 5.41) is 11.2. The van der Waals surface area contributed by atoms with Crippen molar-refractivity contribution in [1.82, 2.24) is 4.90 Å². The topological polar surface area (TPSA) is 98.7 Å². The quantitative estimate of drug-likeness (QED) is 0.499. The smallest absolute Gasteiger partial charge is 0.341 e. The van der Waals surface area contributed by atoms with Gasteiger partial charge in [-0.15, -0.1) is 11.3 Å². The number of nitrogens with zero attached hydrogens (tertiary/aromatic N) is 2. The number of hydrogen-bond donors (Lipinski definition) is 1. The Labute approximate surface area is 149 Å². The van der Waals surface area contributed by atoms with Crippen molar-refractivity contribution in [2.75, 3.05) is 18.9 Å². The molecule has 0 radical (unpaired) electrons. The molecule has 1 aliphatic heterocycles. The number of ether oxygens (including phenoxy) is 1. The molecule has 0 aliphatic carbocycles. The van der Waals surface area contributed by atoms with Crippen LogP contribution in [0.1, 0.15) is 33.3 Å². The number of esters is 1. The third-order valence-electron chi connectivity index (χ3n) is 4.20. The molecular formula is C17H19N3O4S. The van der Waals surface area contributed by atoms with Crippen LogP contribution in [0, 0.1) is 10.1 Å². The van der Waals surface area contributed by atoms with Gasteiger partial charge in [-0.2, -0.15) is 0 Å². The van der Waals surface area contributed by atoms with E-state index >= 15 is 0 Å². The number of carbonyl (C=O) groups excluding carboxylic acids is 1. The van der Waals surface area contributed by atoms with Gasteiger partial charge in [-0.05, 0) is 24.5 Å². The van der Waals surface area contributed by atoms with Gasteiger partial charge in [0.15, 0.2) is 0 Å². The normalized spacial score (nSPS) is 14.1. The van der Waals surface area contributed by atoms with Gasteiger partial charge >= 0.3 is 5.97 Å². The van der Waals surface area contributed by atoms with Crippen molar-refractivity contribution >= 4 is 28.0 Å². The molecule has 1 aliphatic rings. The molecule has 1 aromatic heterocycles. The van der Waals surface area contributed by atoms with Gasteiger partial charge in [-0.25, -0.2) is 4.79 Å². The zero-order valence-corrected chi connectivity index (χ0v) is 14.7. The summed E-state index contributed by atoms with van der Waals surface area (Å²) in [6, 6.07) is 6.60. The molecule has 25 heavy (non-hydrogen) atoms. The average molecular weight is 361 g/mol. The standard InChI is InChI=1S/C17H19N3O4S/c1-2-24-17(21)15-13-7-8-19(10-14(13)25-16(15)18)9-11-3-5-12(6-4-11)20(22)23/h3-6H,2,7-10,18H2,1H3. The van der Waals surface area contributed by atoms with E-state index in [0.29, 0.717) is 30.3 Å². The lowest BCUT2D eigenvalue weighted by Gasteiger charge is -2.27. The van der Waals surface area contributed by atoms with Crippen molar-refractivity contribution in [2.24, 2.45) is 0 Å². The number of thiophene rings is 1. The molecular weight excluding hydrogens is 342 g/mol. The van der Waals surface area contributed by atoms with Crippen molar-refractivity contribution in [3.8, 4) is 0 Å². The van der Waals surface area contributed by atoms with Gasteiger partial charge in [-0.1, -0.05) is 12.1 Å². The molecule has 0 spiro atoms. The van der Waals surface area contributed by atoms with E-state index in [1.165, 1.54) is 23.5 Å². The monoisotopic (exact) mass is 361 g/mol. The van der Waals surface area contributed by atoms with Gasteiger partial charge in [0.2, 0.25) is 0 Å². The second-order valence-electron chi connectivity index (χ2n) is 5.85. The molecule has 1 aromatic carbocycles. The Morgan fingerprint density at radius 1 is 1.40 bits per heavy atom. The Balaban J connectivity index is 1.72. The highest BCUT2D eigenvalue weighted by Gasteiger charge is 2.27. The number of nitro benzene ring substituents is 1. The maximum absolute atomic E-state index is 12.1. The number of nitrogens with two attached hydrogens (primary N) is 1. The van der Waals surface area contributed by atoms with E-state index in [4.69, 9.17) is 10.5 Å². The van der Waals surface area contributed by atoms with Gasteiger partial charge in [0.1, 0.15) is 5.00 Å². The highest BCUT2D eigenvalue weighted by Crippen LogP contribution is 2.36. The van der Waals surface area contributed by atoms with Crippen LogP contribution in [0.25, 0.3) is 0 Å². The van der Waals surface area contributed by atoms with Gasteiger partial charge in [0, 0.05) is 36.6 Å². The average Bonchev–Trinajstić information content (AvgIpc) is 2.90. The van der Waals surface area contributed by atoms with Crippen molar-refractivity contribution in [2.45, 2.75) is 26.4 Å². The summed E-state index contributed by atoms with van der Waals surface area (Å²) >= 11 is 1.44. The molecule has 132 valence electrons. The Morgan fingerprint density at radius 2 is 2.12 bits per heavy atom. The third kappa shape index (κ3) is 3.64. The minimum Gasteiger partial charge on any atom is -0.462 e. The molecule has 0 saturated carbocycles. The van der Waals surface area contributed by atoms with E-state index in [2.05, 4.69) is 4.90 Å².